The molecule has 0 aliphatic carbocycles. The van der Waals surface area contributed by atoms with E-state index in [4.69, 9.17) is 10.5 Å². The Morgan fingerprint density at radius 3 is 2.22 bits per heavy atom. The van der Waals surface area contributed by atoms with Crippen LogP contribution in [0.3, 0.4) is 0 Å². The molecule has 1 rings (SSSR count). The number of nitrogens with two attached hydrogens (primary N) is 1. The minimum Gasteiger partial charge on any atom is -0.463 e. The van der Waals surface area contributed by atoms with Crippen LogP contribution in [0.4, 0.5) is 0 Å². The van der Waals surface area contributed by atoms with E-state index in [0.29, 0.717) is 6.61 Å². The summed E-state index contributed by atoms with van der Waals surface area (Å²) in [6, 6.07) is 7.33. The zero-order valence-electron chi connectivity index (χ0n) is 10.1. The lowest BCUT2D eigenvalue weighted by Gasteiger charge is -2.00. The number of carbonyl (C=O) groups excluding carboxylic acids is 2. The second-order valence-corrected chi connectivity index (χ2v) is 3.45. The molecule has 0 aromatic heterocycles. The average Bonchev–Trinajstić information content (AvgIpc) is 2.35. The highest BCUT2D eigenvalue weighted by molar-refractivity contribution is 5.92. The van der Waals surface area contributed by atoms with Gasteiger partial charge in [-0.2, -0.15) is 0 Å². The van der Waals surface area contributed by atoms with Gasteiger partial charge in [-0.05, 0) is 30.2 Å². The molecule has 1 amide bonds. The first kappa shape index (κ1) is 13.7. The number of amides is 1. The largest absolute Gasteiger partial charge is 0.463 e. The Kier molecular flexibility index (Phi) is 5.38. The number of hydrogen-bond acceptors (Lipinski definition) is 3. The van der Waals surface area contributed by atoms with Crippen LogP contribution in [0.15, 0.2) is 36.4 Å². The summed E-state index contributed by atoms with van der Waals surface area (Å²) in [4.78, 5) is 21.9. The zero-order chi connectivity index (χ0) is 13.4. The molecule has 0 fully saturated rings. The number of carbonyl (C=O) groups is 2. The molecule has 0 unspecified atom stereocenters. The number of benzene rings is 1. The summed E-state index contributed by atoms with van der Waals surface area (Å²) < 4.78 is 4.78. The third-order valence-corrected chi connectivity index (χ3v) is 2.11. The van der Waals surface area contributed by atoms with Crippen molar-refractivity contribution in [3.63, 3.8) is 0 Å². The first-order valence-corrected chi connectivity index (χ1v) is 5.55. The summed E-state index contributed by atoms with van der Waals surface area (Å²) in [5, 5.41) is 0. The molecule has 0 saturated heterocycles. The standard InChI is InChI=1S/C14H15NO3/c1-2-18-14(17)10-8-12-6-4-3-5-11(12)7-9-13(15)16/h3-10H,2H2,1H3,(H2,15,16)/b9-7-,10-8+. The van der Waals surface area contributed by atoms with Crippen LogP contribution in [0.1, 0.15) is 18.1 Å². The molecule has 0 atom stereocenters. The maximum absolute atomic E-state index is 11.2. The van der Waals surface area contributed by atoms with Crippen molar-refractivity contribution in [3.8, 4) is 0 Å². The van der Waals surface area contributed by atoms with Crippen molar-refractivity contribution in [2.24, 2.45) is 5.73 Å². The van der Waals surface area contributed by atoms with Gasteiger partial charge in [0.05, 0.1) is 6.61 Å². The van der Waals surface area contributed by atoms with Crippen LogP contribution >= 0.6 is 0 Å². The van der Waals surface area contributed by atoms with Crippen LogP contribution in [0, 0.1) is 0 Å². The normalized spacial score (nSPS) is 10.9. The van der Waals surface area contributed by atoms with E-state index in [0.717, 1.165) is 11.1 Å². The third kappa shape index (κ3) is 4.65. The fraction of sp³-hybridized carbons (Fsp3) is 0.143. The van der Waals surface area contributed by atoms with Crippen molar-refractivity contribution >= 4 is 24.0 Å². The predicted octanol–water partition coefficient (Wildman–Crippen LogP) is 1.76. The molecule has 1 aromatic rings. The van der Waals surface area contributed by atoms with Crippen molar-refractivity contribution < 1.29 is 14.3 Å². The van der Waals surface area contributed by atoms with E-state index in [1.54, 1.807) is 19.1 Å². The minimum atomic E-state index is -0.515. The Labute approximate surface area is 106 Å². The highest BCUT2D eigenvalue weighted by atomic mass is 16.5. The zero-order valence-corrected chi connectivity index (χ0v) is 10.1. The van der Waals surface area contributed by atoms with E-state index in [9.17, 15) is 9.59 Å². The van der Waals surface area contributed by atoms with Crippen molar-refractivity contribution in [1.29, 1.82) is 0 Å². The van der Waals surface area contributed by atoms with Gasteiger partial charge in [-0.15, -0.1) is 0 Å². The smallest absolute Gasteiger partial charge is 0.330 e. The molecule has 94 valence electrons. The third-order valence-electron chi connectivity index (χ3n) is 2.11. The molecule has 0 radical (unpaired) electrons. The fourth-order valence-electron chi connectivity index (χ4n) is 1.33. The highest BCUT2D eigenvalue weighted by Crippen LogP contribution is 2.12. The predicted molar refractivity (Wildman–Crippen MR) is 70.3 cm³/mol. The Bertz CT molecular complexity index is 490. The maximum atomic E-state index is 11.2. The van der Waals surface area contributed by atoms with Gasteiger partial charge < -0.3 is 10.5 Å². The SMILES string of the molecule is CCOC(=O)/C=C/c1ccccc1/C=C\C(N)=O. The first-order valence-electron chi connectivity index (χ1n) is 5.55. The number of hydrogen-bond donors (Lipinski definition) is 1. The summed E-state index contributed by atoms with van der Waals surface area (Å²) in [6.07, 6.45) is 5.86. The van der Waals surface area contributed by atoms with Crippen molar-refractivity contribution in [3.05, 3.63) is 47.5 Å². The molecule has 0 saturated carbocycles. The lowest BCUT2D eigenvalue weighted by molar-refractivity contribution is -0.137. The lowest BCUT2D eigenvalue weighted by Crippen LogP contribution is -2.05. The van der Waals surface area contributed by atoms with E-state index in [1.165, 1.54) is 12.2 Å². The molecule has 0 aliphatic heterocycles. The van der Waals surface area contributed by atoms with E-state index < -0.39 is 11.9 Å². The Morgan fingerprint density at radius 1 is 1.17 bits per heavy atom. The van der Waals surface area contributed by atoms with Gasteiger partial charge in [0, 0.05) is 12.2 Å². The van der Waals surface area contributed by atoms with Crippen molar-refractivity contribution in [2.45, 2.75) is 6.92 Å². The Hall–Kier alpha value is -2.36. The van der Waals surface area contributed by atoms with Gasteiger partial charge in [-0.25, -0.2) is 4.79 Å². The molecule has 4 nitrogen and oxygen atoms in total. The van der Waals surface area contributed by atoms with Crippen LogP contribution in [0.25, 0.3) is 12.2 Å². The van der Waals surface area contributed by atoms with Gasteiger partial charge in [0.1, 0.15) is 0 Å². The molecular formula is C14H15NO3. The second kappa shape index (κ2) is 7.06. The van der Waals surface area contributed by atoms with Crippen LogP contribution in [0.2, 0.25) is 0 Å². The first-order chi connectivity index (χ1) is 8.63. The Balaban J connectivity index is 2.88. The minimum absolute atomic E-state index is 0.340. The van der Waals surface area contributed by atoms with E-state index in [1.807, 2.05) is 24.3 Å². The van der Waals surface area contributed by atoms with Crippen LogP contribution in [-0.2, 0) is 14.3 Å². The van der Waals surface area contributed by atoms with Crippen LogP contribution < -0.4 is 5.73 Å². The number of esters is 1. The number of primary amides is 1. The summed E-state index contributed by atoms with van der Waals surface area (Å²) in [5.41, 5.74) is 6.65. The van der Waals surface area contributed by atoms with Crippen LogP contribution in [0.5, 0.6) is 0 Å². The van der Waals surface area contributed by atoms with E-state index in [-0.39, 0.29) is 0 Å². The molecule has 4 heteroatoms. The molecular weight excluding hydrogens is 230 g/mol. The molecule has 18 heavy (non-hydrogen) atoms. The average molecular weight is 245 g/mol. The Morgan fingerprint density at radius 2 is 1.72 bits per heavy atom. The van der Waals surface area contributed by atoms with Gasteiger partial charge in [0.15, 0.2) is 0 Å². The van der Waals surface area contributed by atoms with Crippen molar-refractivity contribution in [1.82, 2.24) is 0 Å². The highest BCUT2D eigenvalue weighted by Gasteiger charge is 1.97. The van der Waals surface area contributed by atoms with E-state index >= 15 is 0 Å². The number of ether oxygens (including phenoxy) is 1. The molecule has 2 N–H and O–H groups in total. The monoisotopic (exact) mass is 245 g/mol. The molecule has 0 aliphatic rings. The summed E-state index contributed by atoms with van der Waals surface area (Å²) in [7, 11) is 0. The fourth-order valence-corrected chi connectivity index (χ4v) is 1.33. The van der Waals surface area contributed by atoms with Gasteiger partial charge in [-0.3, -0.25) is 4.79 Å². The van der Waals surface area contributed by atoms with Gasteiger partial charge >= 0.3 is 5.97 Å². The molecule has 0 heterocycles. The molecule has 0 spiro atoms. The van der Waals surface area contributed by atoms with Gasteiger partial charge in [0.2, 0.25) is 5.91 Å². The van der Waals surface area contributed by atoms with Crippen molar-refractivity contribution in [2.75, 3.05) is 6.61 Å². The lowest BCUT2D eigenvalue weighted by atomic mass is 10.1. The van der Waals surface area contributed by atoms with Crippen LogP contribution in [-0.4, -0.2) is 18.5 Å². The summed E-state index contributed by atoms with van der Waals surface area (Å²) >= 11 is 0. The summed E-state index contributed by atoms with van der Waals surface area (Å²) in [5.74, 6) is -0.912. The second-order valence-electron chi connectivity index (χ2n) is 3.45. The summed E-state index contributed by atoms with van der Waals surface area (Å²) in [6.45, 7) is 2.09. The van der Waals surface area contributed by atoms with Gasteiger partial charge in [-0.1, -0.05) is 24.3 Å². The topological polar surface area (TPSA) is 69.4 Å². The quantitative estimate of drug-likeness (QED) is 0.634. The number of rotatable bonds is 5. The molecule has 0 bridgehead atoms. The molecule has 1 aromatic carbocycles. The maximum Gasteiger partial charge on any atom is 0.330 e. The van der Waals surface area contributed by atoms with Gasteiger partial charge in [0.25, 0.3) is 0 Å². The van der Waals surface area contributed by atoms with E-state index in [2.05, 4.69) is 0 Å².